The van der Waals surface area contributed by atoms with E-state index in [4.69, 9.17) is 11.6 Å². The molecule has 0 atom stereocenters. The van der Waals surface area contributed by atoms with Gasteiger partial charge in [0.1, 0.15) is 0 Å². The van der Waals surface area contributed by atoms with Crippen molar-refractivity contribution in [3.05, 3.63) is 28.6 Å². The predicted octanol–water partition coefficient (Wildman–Crippen LogP) is 4.68. The Labute approximate surface area is 108 Å². The van der Waals surface area contributed by atoms with E-state index >= 15 is 0 Å². The van der Waals surface area contributed by atoms with Gasteiger partial charge in [0.2, 0.25) is 0 Å². The molecule has 0 nitrogen and oxygen atoms in total. The van der Waals surface area contributed by atoms with E-state index < -0.39 is 18.4 Å². The van der Waals surface area contributed by atoms with Gasteiger partial charge in [-0.05, 0) is 0 Å². The van der Waals surface area contributed by atoms with Crippen LogP contribution in [0.1, 0.15) is 0 Å². The molecule has 2 aromatic rings. The summed E-state index contributed by atoms with van der Waals surface area (Å²) in [5, 5.41) is 0. The van der Waals surface area contributed by atoms with Gasteiger partial charge in [-0.1, -0.05) is 0 Å². The third kappa shape index (κ3) is 2.78. The fourth-order valence-corrected chi connectivity index (χ4v) is 8.75. The third-order valence-electron chi connectivity index (χ3n) is 2.16. The molecule has 0 aliphatic carbocycles. The molecule has 2 heterocycles. The normalized spacial score (nSPS) is 12.0. The van der Waals surface area contributed by atoms with E-state index in [9.17, 15) is 0 Å². The molecule has 0 aliphatic rings. The second kappa shape index (κ2) is 4.40. The van der Waals surface area contributed by atoms with Gasteiger partial charge in [-0.2, -0.15) is 0 Å². The fourth-order valence-electron chi connectivity index (χ4n) is 1.32. The summed E-state index contributed by atoms with van der Waals surface area (Å²) < 4.78 is 2.50. The molecule has 0 aromatic carbocycles. The molecule has 15 heavy (non-hydrogen) atoms. The van der Waals surface area contributed by atoms with Crippen LogP contribution < -0.4 is 2.89 Å². The zero-order valence-electron chi connectivity index (χ0n) is 9.00. The molecule has 0 bridgehead atoms. The van der Waals surface area contributed by atoms with E-state index in [2.05, 4.69) is 33.0 Å². The number of hydrogen-bond acceptors (Lipinski definition) is 2. The molecule has 2 rings (SSSR count). The van der Waals surface area contributed by atoms with Crippen LogP contribution in [-0.2, 0) is 0 Å². The van der Waals surface area contributed by atoms with Gasteiger partial charge in [-0.3, -0.25) is 0 Å². The Balaban J connectivity index is 2.36. The summed E-state index contributed by atoms with van der Waals surface area (Å²) in [6.07, 6.45) is 0. The van der Waals surface area contributed by atoms with Crippen LogP contribution in [-0.4, -0.2) is 18.4 Å². The molecular weight excluding hydrogens is 350 g/mol. The van der Waals surface area contributed by atoms with Crippen LogP contribution in [0.3, 0.4) is 0 Å². The van der Waals surface area contributed by atoms with Gasteiger partial charge < -0.3 is 0 Å². The number of thiophene rings is 2. The Bertz CT molecular complexity index is 465. The van der Waals surface area contributed by atoms with Gasteiger partial charge in [0, 0.05) is 0 Å². The van der Waals surface area contributed by atoms with Crippen LogP contribution >= 0.6 is 34.3 Å². The summed E-state index contributed by atoms with van der Waals surface area (Å²) >= 11 is 7.70. The standard InChI is InChI=1S/C8H4ClS2.3CH3.Sn/c9-8-4-3-7(11-8)6-2-1-5-10-6;;;;/h1-4H;3*1H3;. The number of rotatable bonds is 2. The second-order valence-electron chi connectivity index (χ2n) is 4.52. The molecule has 4 heteroatoms. The van der Waals surface area contributed by atoms with Gasteiger partial charge in [0.15, 0.2) is 0 Å². The Hall–Kier alpha value is 0.489. The zero-order valence-corrected chi connectivity index (χ0v) is 14.2. The molecule has 0 N–H and O–H groups in total. The Morgan fingerprint density at radius 3 is 2.00 bits per heavy atom. The van der Waals surface area contributed by atoms with Crippen molar-refractivity contribution < 1.29 is 0 Å². The number of halogens is 1. The van der Waals surface area contributed by atoms with Crippen LogP contribution in [0.2, 0.25) is 19.2 Å². The van der Waals surface area contributed by atoms with Crippen molar-refractivity contribution in [3.63, 3.8) is 0 Å². The van der Waals surface area contributed by atoms with E-state index in [1.807, 2.05) is 17.4 Å². The molecule has 0 saturated heterocycles. The molecule has 0 saturated carbocycles. The van der Waals surface area contributed by atoms with E-state index in [0.29, 0.717) is 0 Å². The quantitative estimate of drug-likeness (QED) is 0.680. The van der Waals surface area contributed by atoms with Crippen LogP contribution in [0.25, 0.3) is 9.75 Å². The fraction of sp³-hybridized carbons (Fsp3) is 0.273. The average Bonchev–Trinajstić information content (AvgIpc) is 2.69. The van der Waals surface area contributed by atoms with Crippen molar-refractivity contribution in [1.82, 2.24) is 0 Å². The van der Waals surface area contributed by atoms with Crippen molar-refractivity contribution in [2.24, 2.45) is 0 Å². The van der Waals surface area contributed by atoms with Crippen molar-refractivity contribution in [1.29, 1.82) is 0 Å². The maximum atomic E-state index is 5.94. The molecule has 0 unspecified atom stereocenters. The van der Waals surface area contributed by atoms with Crippen LogP contribution in [0.15, 0.2) is 24.3 Å². The first-order chi connectivity index (χ1) is 6.97. The summed E-state index contributed by atoms with van der Waals surface area (Å²) in [4.78, 5) is 10.0. The van der Waals surface area contributed by atoms with Gasteiger partial charge in [0.25, 0.3) is 0 Å². The average molecular weight is 364 g/mol. The van der Waals surface area contributed by atoms with Crippen LogP contribution in [0, 0.1) is 0 Å². The zero-order chi connectivity index (χ0) is 11.1. The monoisotopic (exact) mass is 364 g/mol. The maximum absolute atomic E-state index is 5.94. The first-order valence-corrected chi connectivity index (χ1v) is 16.8. The SMILES string of the molecule is [CH3][Sn]([CH3])([CH3])[c]1ccc(-c2ccc(Cl)s2)s1. The molecule has 0 fully saturated rings. The van der Waals surface area contributed by atoms with Crippen molar-refractivity contribution >= 4 is 55.5 Å². The second-order valence-corrected chi connectivity index (χ2v) is 22.7. The van der Waals surface area contributed by atoms with Crippen molar-refractivity contribution in [3.8, 4) is 9.75 Å². The predicted molar refractivity (Wildman–Crippen MR) is 75.6 cm³/mol. The molecule has 80 valence electrons. The van der Waals surface area contributed by atoms with Crippen molar-refractivity contribution in [2.75, 3.05) is 0 Å². The molecule has 0 amide bonds. The van der Waals surface area contributed by atoms with Gasteiger partial charge in [-0.15, -0.1) is 0 Å². The Morgan fingerprint density at radius 2 is 1.53 bits per heavy atom. The van der Waals surface area contributed by atoms with Gasteiger partial charge in [0.05, 0.1) is 0 Å². The number of hydrogen-bond donors (Lipinski definition) is 0. The van der Waals surface area contributed by atoms with E-state index in [1.54, 1.807) is 14.2 Å². The molecule has 0 aliphatic heterocycles. The topological polar surface area (TPSA) is 0 Å². The van der Waals surface area contributed by atoms with Crippen LogP contribution in [0.5, 0.6) is 0 Å². The molecular formula is C11H13ClS2Sn. The van der Waals surface area contributed by atoms with Crippen molar-refractivity contribution in [2.45, 2.75) is 14.8 Å². The van der Waals surface area contributed by atoms with Gasteiger partial charge >= 0.3 is 109 Å². The third-order valence-corrected chi connectivity index (χ3v) is 14.2. The Kier molecular flexibility index (Phi) is 3.50. The molecule has 0 radical (unpaired) electrons. The first-order valence-electron chi connectivity index (χ1n) is 4.83. The first kappa shape index (κ1) is 12.0. The molecule has 2 aromatic heterocycles. The van der Waals surface area contributed by atoms with Crippen LogP contribution in [0.4, 0.5) is 0 Å². The van der Waals surface area contributed by atoms with E-state index in [-0.39, 0.29) is 0 Å². The minimum absolute atomic E-state index is 0.874. The van der Waals surface area contributed by atoms with E-state index in [0.717, 1.165) is 4.34 Å². The summed E-state index contributed by atoms with van der Waals surface area (Å²) in [6.45, 7) is 0. The summed E-state index contributed by atoms with van der Waals surface area (Å²) in [5.74, 6) is 0. The molecule has 0 spiro atoms. The van der Waals surface area contributed by atoms with E-state index in [1.165, 1.54) is 9.75 Å². The minimum atomic E-state index is -1.86. The summed E-state index contributed by atoms with van der Waals surface area (Å²) in [5.41, 5.74) is 0. The Morgan fingerprint density at radius 1 is 0.933 bits per heavy atom. The van der Waals surface area contributed by atoms with Gasteiger partial charge in [-0.25, -0.2) is 0 Å². The summed E-state index contributed by atoms with van der Waals surface area (Å²) in [6, 6.07) is 8.64. The summed E-state index contributed by atoms with van der Waals surface area (Å²) in [7, 11) is 0.